The fraction of sp³-hybridized carbons (Fsp3) is 0.611. The Labute approximate surface area is 143 Å². The molecule has 2 N–H and O–H groups in total. The van der Waals surface area contributed by atoms with Crippen molar-refractivity contribution in [2.45, 2.75) is 32.9 Å². The lowest BCUT2D eigenvalue weighted by Gasteiger charge is -2.37. The van der Waals surface area contributed by atoms with Crippen molar-refractivity contribution in [2.24, 2.45) is 0 Å². The molecule has 6 heteroatoms. The zero-order valence-electron chi connectivity index (χ0n) is 14.7. The van der Waals surface area contributed by atoms with Crippen molar-refractivity contribution in [1.29, 1.82) is 0 Å². The normalized spacial score (nSPS) is 17.9. The van der Waals surface area contributed by atoms with Crippen LogP contribution in [0.5, 0.6) is 11.5 Å². The molecule has 0 amide bonds. The van der Waals surface area contributed by atoms with Gasteiger partial charge in [-0.15, -0.1) is 0 Å². The van der Waals surface area contributed by atoms with Gasteiger partial charge in [-0.3, -0.25) is 14.6 Å². The largest absolute Gasteiger partial charge is 0.507 e. The molecule has 1 aliphatic heterocycles. The molecule has 0 aliphatic carbocycles. The first-order chi connectivity index (χ1) is 11.4. The third-order valence-electron chi connectivity index (χ3n) is 4.40. The minimum atomic E-state index is -0.592. The van der Waals surface area contributed by atoms with Crippen molar-refractivity contribution in [1.82, 2.24) is 9.80 Å². The molecule has 0 saturated carbocycles. The fourth-order valence-corrected chi connectivity index (χ4v) is 2.90. The van der Waals surface area contributed by atoms with E-state index < -0.39 is 6.10 Å². The Morgan fingerprint density at radius 2 is 1.92 bits per heavy atom. The molecule has 24 heavy (non-hydrogen) atoms. The van der Waals surface area contributed by atoms with E-state index in [0.29, 0.717) is 18.3 Å². The van der Waals surface area contributed by atoms with Crippen LogP contribution in [0.1, 0.15) is 31.1 Å². The van der Waals surface area contributed by atoms with Gasteiger partial charge in [0.15, 0.2) is 5.78 Å². The average molecular weight is 336 g/mol. The third kappa shape index (κ3) is 5.19. The van der Waals surface area contributed by atoms with Gasteiger partial charge in [0.05, 0.1) is 5.56 Å². The number of ether oxygens (including phenoxy) is 1. The number of phenolic OH excluding ortho intramolecular Hbond substituents is 1. The maximum Gasteiger partial charge on any atom is 0.163 e. The van der Waals surface area contributed by atoms with Gasteiger partial charge >= 0.3 is 0 Å². The number of β-amino-alcohol motifs (C(OH)–C–C–N with tert-alkyl or cyclic N) is 1. The first kappa shape index (κ1) is 18.7. The molecule has 1 aromatic rings. The molecule has 1 fully saturated rings. The van der Waals surface area contributed by atoms with Crippen LogP contribution < -0.4 is 4.74 Å². The van der Waals surface area contributed by atoms with Crippen molar-refractivity contribution < 1.29 is 19.7 Å². The molecule has 6 nitrogen and oxygen atoms in total. The van der Waals surface area contributed by atoms with E-state index in [9.17, 15) is 15.0 Å². The number of phenols is 1. The zero-order valence-corrected chi connectivity index (χ0v) is 14.7. The molecule has 0 spiro atoms. The van der Waals surface area contributed by atoms with E-state index in [2.05, 4.69) is 23.6 Å². The molecule has 0 unspecified atom stereocenters. The number of Topliss-reactive ketones (excluding diaryl/α,β-unsaturated/α-hetero) is 1. The predicted molar refractivity (Wildman–Crippen MR) is 92.8 cm³/mol. The summed E-state index contributed by atoms with van der Waals surface area (Å²) in [5.74, 6) is 0.153. The fourth-order valence-electron chi connectivity index (χ4n) is 2.90. The summed E-state index contributed by atoms with van der Waals surface area (Å²) in [5.41, 5.74) is 0.269. The van der Waals surface area contributed by atoms with Gasteiger partial charge < -0.3 is 14.9 Å². The summed E-state index contributed by atoms with van der Waals surface area (Å²) in [6.07, 6.45) is -0.592. The second-order valence-corrected chi connectivity index (χ2v) is 6.63. The Morgan fingerprint density at radius 1 is 1.25 bits per heavy atom. The molecule has 0 bridgehead atoms. The topological polar surface area (TPSA) is 73.2 Å². The molecule has 1 atom stereocenters. The van der Waals surface area contributed by atoms with Crippen LogP contribution in [0.4, 0.5) is 0 Å². The number of aliphatic hydroxyl groups excluding tert-OH is 1. The van der Waals surface area contributed by atoms with Gasteiger partial charge in [0.1, 0.15) is 24.2 Å². The molecule has 134 valence electrons. The Hall–Kier alpha value is -1.63. The number of piperazine rings is 1. The van der Waals surface area contributed by atoms with E-state index in [1.165, 1.54) is 19.1 Å². The van der Waals surface area contributed by atoms with Gasteiger partial charge in [0, 0.05) is 44.8 Å². The summed E-state index contributed by atoms with van der Waals surface area (Å²) in [7, 11) is 0. The molecule has 1 aliphatic rings. The highest BCUT2D eigenvalue weighted by Crippen LogP contribution is 2.24. The van der Waals surface area contributed by atoms with Crippen LogP contribution in [0.3, 0.4) is 0 Å². The number of aliphatic hydroxyl groups is 1. The van der Waals surface area contributed by atoms with Gasteiger partial charge in [-0.1, -0.05) is 0 Å². The number of benzene rings is 1. The van der Waals surface area contributed by atoms with Gasteiger partial charge in [-0.2, -0.15) is 0 Å². The smallest absolute Gasteiger partial charge is 0.163 e. The Balaban J connectivity index is 1.76. The summed E-state index contributed by atoms with van der Waals surface area (Å²) in [5, 5.41) is 19.9. The van der Waals surface area contributed by atoms with Gasteiger partial charge in [0.25, 0.3) is 0 Å². The molecule has 0 radical (unpaired) electrons. The van der Waals surface area contributed by atoms with Crippen LogP contribution in [0.25, 0.3) is 0 Å². The summed E-state index contributed by atoms with van der Waals surface area (Å²) >= 11 is 0. The van der Waals surface area contributed by atoms with Crippen molar-refractivity contribution in [3.8, 4) is 11.5 Å². The summed E-state index contributed by atoms with van der Waals surface area (Å²) in [4.78, 5) is 15.9. The van der Waals surface area contributed by atoms with Crippen LogP contribution in [0, 0.1) is 0 Å². The molecule has 0 aromatic heterocycles. The lowest BCUT2D eigenvalue weighted by Crippen LogP contribution is -2.51. The molecular formula is C18H28N2O4. The van der Waals surface area contributed by atoms with Crippen LogP contribution in [0.2, 0.25) is 0 Å². The SMILES string of the molecule is CC(=O)c1ccc(OC[C@H](O)CN2CCN(C(C)C)CC2)cc1O. The number of hydrogen-bond donors (Lipinski definition) is 2. The predicted octanol–water partition coefficient (Wildman–Crippen LogP) is 1.36. The van der Waals surface area contributed by atoms with E-state index in [1.807, 2.05) is 0 Å². The first-order valence-electron chi connectivity index (χ1n) is 8.48. The van der Waals surface area contributed by atoms with Crippen molar-refractivity contribution in [3.63, 3.8) is 0 Å². The van der Waals surface area contributed by atoms with Crippen molar-refractivity contribution >= 4 is 5.78 Å². The highest BCUT2D eigenvalue weighted by Gasteiger charge is 2.20. The molecule has 1 heterocycles. The maximum atomic E-state index is 11.3. The maximum absolute atomic E-state index is 11.3. The number of carbonyl (C=O) groups excluding carboxylic acids is 1. The number of ketones is 1. The van der Waals surface area contributed by atoms with Crippen molar-refractivity contribution in [3.05, 3.63) is 23.8 Å². The third-order valence-corrected chi connectivity index (χ3v) is 4.40. The Kier molecular flexibility index (Phi) is 6.60. The first-order valence-corrected chi connectivity index (χ1v) is 8.48. The number of nitrogens with zero attached hydrogens (tertiary/aromatic N) is 2. The van der Waals surface area contributed by atoms with Crippen LogP contribution in [-0.4, -0.2) is 77.3 Å². The van der Waals surface area contributed by atoms with Crippen LogP contribution in [0.15, 0.2) is 18.2 Å². The number of carbonyl (C=O) groups is 1. The van der Waals surface area contributed by atoms with Crippen molar-refractivity contribution in [2.75, 3.05) is 39.3 Å². The summed E-state index contributed by atoms with van der Waals surface area (Å²) in [6.45, 7) is 10.5. The molecule has 1 saturated heterocycles. The average Bonchev–Trinajstić information content (AvgIpc) is 2.53. The van der Waals surface area contributed by atoms with Crippen LogP contribution >= 0.6 is 0 Å². The number of rotatable bonds is 7. The lowest BCUT2D eigenvalue weighted by atomic mass is 10.1. The second kappa shape index (κ2) is 8.46. The summed E-state index contributed by atoms with van der Waals surface area (Å²) < 4.78 is 5.53. The van der Waals surface area contributed by atoms with Gasteiger partial charge in [0.2, 0.25) is 0 Å². The Bertz CT molecular complexity index is 554. The highest BCUT2D eigenvalue weighted by atomic mass is 16.5. The standard InChI is InChI=1S/C18H28N2O4/c1-13(2)20-8-6-19(7-9-20)11-15(22)12-24-16-4-5-17(14(3)21)18(23)10-16/h4-5,10,13,15,22-23H,6-9,11-12H2,1-3H3/t15-/m1/s1. The van der Waals surface area contributed by atoms with E-state index in [0.717, 1.165) is 26.2 Å². The van der Waals surface area contributed by atoms with Gasteiger partial charge in [-0.25, -0.2) is 0 Å². The minimum absolute atomic E-state index is 0.0979. The second-order valence-electron chi connectivity index (χ2n) is 6.63. The van der Waals surface area contributed by atoms with E-state index in [1.54, 1.807) is 6.07 Å². The number of hydrogen-bond acceptors (Lipinski definition) is 6. The van der Waals surface area contributed by atoms with E-state index >= 15 is 0 Å². The van der Waals surface area contributed by atoms with E-state index in [4.69, 9.17) is 4.74 Å². The quantitative estimate of drug-likeness (QED) is 0.733. The van der Waals surface area contributed by atoms with E-state index in [-0.39, 0.29) is 23.7 Å². The van der Waals surface area contributed by atoms with Crippen LogP contribution in [-0.2, 0) is 0 Å². The highest BCUT2D eigenvalue weighted by molar-refractivity contribution is 5.96. The Morgan fingerprint density at radius 3 is 2.46 bits per heavy atom. The van der Waals surface area contributed by atoms with Gasteiger partial charge in [-0.05, 0) is 32.9 Å². The minimum Gasteiger partial charge on any atom is -0.507 e. The zero-order chi connectivity index (χ0) is 17.7. The lowest BCUT2D eigenvalue weighted by molar-refractivity contribution is 0.0399. The molecular weight excluding hydrogens is 308 g/mol. The number of aromatic hydroxyl groups is 1. The summed E-state index contributed by atoms with van der Waals surface area (Å²) in [6, 6.07) is 5.13. The molecule has 1 aromatic carbocycles. The monoisotopic (exact) mass is 336 g/mol. The molecule has 2 rings (SSSR count).